The highest BCUT2D eigenvalue weighted by Gasteiger charge is 2.00. The molecule has 2 N–H and O–H groups in total. The van der Waals surface area contributed by atoms with Crippen molar-refractivity contribution in [3.05, 3.63) is 71.2 Å². The highest BCUT2D eigenvalue weighted by Crippen LogP contribution is 2.14. The van der Waals surface area contributed by atoms with E-state index in [0.29, 0.717) is 12.1 Å². The lowest BCUT2D eigenvalue weighted by atomic mass is 10.0. The Morgan fingerprint density at radius 2 is 2.06 bits per heavy atom. The van der Waals surface area contributed by atoms with Gasteiger partial charge in [0.25, 0.3) is 0 Å². The van der Waals surface area contributed by atoms with E-state index in [1.54, 1.807) is 12.1 Å². The van der Waals surface area contributed by atoms with Gasteiger partial charge in [-0.1, -0.05) is 24.8 Å². The van der Waals surface area contributed by atoms with E-state index in [2.05, 4.69) is 6.58 Å². The highest BCUT2D eigenvalue weighted by atomic mass is 19.1. The highest BCUT2D eigenvalue weighted by molar-refractivity contribution is 5.33. The molecule has 1 rings (SSSR count). The van der Waals surface area contributed by atoms with Gasteiger partial charge in [-0.2, -0.15) is 0 Å². The van der Waals surface area contributed by atoms with Crippen LogP contribution in [0.15, 0.2) is 54.3 Å². The molecular formula is C15H18FN. The molecule has 0 amide bonds. The van der Waals surface area contributed by atoms with E-state index in [4.69, 9.17) is 5.73 Å². The van der Waals surface area contributed by atoms with Crippen molar-refractivity contribution in [3.63, 3.8) is 0 Å². The van der Waals surface area contributed by atoms with Crippen LogP contribution in [0.1, 0.15) is 18.1 Å². The quantitative estimate of drug-likeness (QED) is 0.786. The monoisotopic (exact) mass is 231 g/mol. The maximum atomic E-state index is 13.2. The number of allylic oxidation sites excluding steroid dienone is 4. The van der Waals surface area contributed by atoms with E-state index in [1.165, 1.54) is 6.07 Å². The molecule has 17 heavy (non-hydrogen) atoms. The molecule has 0 bridgehead atoms. The summed E-state index contributed by atoms with van der Waals surface area (Å²) in [4.78, 5) is 0. The van der Waals surface area contributed by atoms with E-state index in [-0.39, 0.29) is 5.82 Å². The summed E-state index contributed by atoms with van der Waals surface area (Å²) in [6.07, 6.45) is 6.34. The van der Waals surface area contributed by atoms with E-state index in [0.717, 1.165) is 16.7 Å². The SMILES string of the molecule is C=C(N)/C=C\C(=C/C)Cc1cc(C)cc(F)c1. The average molecular weight is 231 g/mol. The van der Waals surface area contributed by atoms with Crippen molar-refractivity contribution in [1.82, 2.24) is 0 Å². The summed E-state index contributed by atoms with van der Waals surface area (Å²) in [6, 6.07) is 5.07. The Labute approximate surface area is 102 Å². The second-order valence-corrected chi connectivity index (χ2v) is 4.09. The number of nitrogens with two attached hydrogens (primary N) is 1. The lowest BCUT2D eigenvalue weighted by molar-refractivity contribution is 0.624. The zero-order chi connectivity index (χ0) is 12.8. The van der Waals surface area contributed by atoms with Gasteiger partial charge in [0.2, 0.25) is 0 Å². The van der Waals surface area contributed by atoms with Crippen LogP contribution in [0.4, 0.5) is 4.39 Å². The molecule has 1 aromatic rings. The van der Waals surface area contributed by atoms with Gasteiger partial charge in [0.05, 0.1) is 0 Å². The van der Waals surface area contributed by atoms with E-state index >= 15 is 0 Å². The van der Waals surface area contributed by atoms with E-state index in [9.17, 15) is 4.39 Å². The van der Waals surface area contributed by atoms with Crippen molar-refractivity contribution >= 4 is 0 Å². The molecule has 90 valence electrons. The third-order valence-corrected chi connectivity index (χ3v) is 2.39. The minimum Gasteiger partial charge on any atom is -0.399 e. The molecule has 0 atom stereocenters. The molecule has 0 aliphatic carbocycles. The molecule has 0 saturated heterocycles. The molecule has 0 aromatic heterocycles. The number of benzene rings is 1. The van der Waals surface area contributed by atoms with Crippen molar-refractivity contribution < 1.29 is 4.39 Å². The van der Waals surface area contributed by atoms with Crippen LogP contribution >= 0.6 is 0 Å². The molecule has 2 heteroatoms. The van der Waals surface area contributed by atoms with Crippen LogP contribution < -0.4 is 5.73 Å². The molecule has 0 unspecified atom stereocenters. The zero-order valence-electron chi connectivity index (χ0n) is 10.3. The second-order valence-electron chi connectivity index (χ2n) is 4.09. The minimum atomic E-state index is -0.192. The van der Waals surface area contributed by atoms with Crippen molar-refractivity contribution in [1.29, 1.82) is 0 Å². The van der Waals surface area contributed by atoms with Crippen molar-refractivity contribution in [2.24, 2.45) is 5.73 Å². The first-order valence-electron chi connectivity index (χ1n) is 5.55. The molecule has 0 heterocycles. The molecule has 0 spiro atoms. The maximum Gasteiger partial charge on any atom is 0.123 e. The third kappa shape index (κ3) is 4.68. The number of aryl methyl sites for hydroxylation is 1. The fraction of sp³-hybridized carbons (Fsp3) is 0.200. The van der Waals surface area contributed by atoms with Gasteiger partial charge in [0, 0.05) is 5.70 Å². The Balaban J connectivity index is 2.85. The van der Waals surface area contributed by atoms with Crippen LogP contribution in [0.25, 0.3) is 0 Å². The van der Waals surface area contributed by atoms with E-state index < -0.39 is 0 Å². The Kier molecular flexibility index (Phi) is 4.70. The minimum absolute atomic E-state index is 0.192. The van der Waals surface area contributed by atoms with Crippen LogP contribution in [0.3, 0.4) is 0 Å². The van der Waals surface area contributed by atoms with Crippen LogP contribution in [-0.4, -0.2) is 0 Å². The fourth-order valence-electron chi connectivity index (χ4n) is 1.62. The largest absolute Gasteiger partial charge is 0.399 e. The average Bonchev–Trinajstić information content (AvgIpc) is 2.22. The summed E-state index contributed by atoms with van der Waals surface area (Å²) in [6.45, 7) is 7.44. The van der Waals surface area contributed by atoms with Gasteiger partial charge >= 0.3 is 0 Å². The zero-order valence-corrected chi connectivity index (χ0v) is 10.3. The van der Waals surface area contributed by atoms with Gasteiger partial charge < -0.3 is 5.73 Å². The van der Waals surface area contributed by atoms with Gasteiger partial charge in [0.15, 0.2) is 0 Å². The molecule has 1 nitrogen and oxygen atoms in total. The van der Waals surface area contributed by atoms with Crippen LogP contribution in [0.5, 0.6) is 0 Å². The van der Waals surface area contributed by atoms with Crippen LogP contribution in [0, 0.1) is 12.7 Å². The first kappa shape index (κ1) is 13.2. The predicted molar refractivity (Wildman–Crippen MR) is 71.1 cm³/mol. The Morgan fingerprint density at radius 3 is 2.59 bits per heavy atom. The Bertz CT molecular complexity index is 450. The van der Waals surface area contributed by atoms with Gasteiger partial charge in [0.1, 0.15) is 5.82 Å². The van der Waals surface area contributed by atoms with Crippen molar-refractivity contribution in [2.75, 3.05) is 0 Å². The lowest BCUT2D eigenvalue weighted by Crippen LogP contribution is -1.93. The maximum absolute atomic E-state index is 13.2. The molecule has 0 aliphatic rings. The molecule has 0 radical (unpaired) electrons. The first-order valence-corrected chi connectivity index (χ1v) is 5.55. The van der Waals surface area contributed by atoms with E-state index in [1.807, 2.05) is 32.1 Å². The molecule has 1 aromatic carbocycles. The van der Waals surface area contributed by atoms with Gasteiger partial charge in [-0.05, 0) is 55.2 Å². The topological polar surface area (TPSA) is 26.0 Å². The number of halogens is 1. The smallest absolute Gasteiger partial charge is 0.123 e. The van der Waals surface area contributed by atoms with Crippen LogP contribution in [-0.2, 0) is 6.42 Å². The summed E-state index contributed by atoms with van der Waals surface area (Å²) >= 11 is 0. The standard InChI is InChI=1S/C15H18FN/c1-4-13(6-5-12(3)17)9-14-7-11(2)8-15(16)10-14/h4-8,10H,3,9,17H2,1-2H3/b6-5-,13-4+. The molecule has 0 fully saturated rings. The van der Waals surface area contributed by atoms with Gasteiger partial charge in [-0.3, -0.25) is 0 Å². The lowest BCUT2D eigenvalue weighted by Gasteiger charge is -2.04. The number of hydrogen-bond acceptors (Lipinski definition) is 1. The summed E-state index contributed by atoms with van der Waals surface area (Å²) in [5.74, 6) is -0.192. The van der Waals surface area contributed by atoms with Crippen LogP contribution in [0.2, 0.25) is 0 Å². The summed E-state index contributed by atoms with van der Waals surface area (Å²) < 4.78 is 13.2. The summed E-state index contributed by atoms with van der Waals surface area (Å²) in [7, 11) is 0. The first-order chi connectivity index (χ1) is 8.01. The van der Waals surface area contributed by atoms with Gasteiger partial charge in [-0.25, -0.2) is 4.39 Å². The summed E-state index contributed by atoms with van der Waals surface area (Å²) in [5, 5.41) is 0. The predicted octanol–water partition coefficient (Wildman–Crippen LogP) is 3.65. The molecular weight excluding hydrogens is 213 g/mol. The molecule has 0 aliphatic heterocycles. The van der Waals surface area contributed by atoms with Crippen molar-refractivity contribution in [3.8, 4) is 0 Å². The third-order valence-electron chi connectivity index (χ3n) is 2.39. The Morgan fingerprint density at radius 1 is 1.35 bits per heavy atom. The van der Waals surface area contributed by atoms with Crippen molar-refractivity contribution in [2.45, 2.75) is 20.3 Å². The number of rotatable bonds is 4. The van der Waals surface area contributed by atoms with Gasteiger partial charge in [-0.15, -0.1) is 0 Å². The second kappa shape index (κ2) is 6.04. The Hall–Kier alpha value is -1.83. The fourth-order valence-corrected chi connectivity index (χ4v) is 1.62. The normalized spacial score (nSPS) is 12.1. The molecule has 0 saturated carbocycles. The summed E-state index contributed by atoms with van der Waals surface area (Å²) in [5.41, 5.74) is 8.96. The number of hydrogen-bond donors (Lipinski definition) is 1.